The van der Waals surface area contributed by atoms with Crippen LogP contribution in [-0.4, -0.2) is 54.7 Å². The number of fused-ring (bicyclic) bond motifs is 1. The molecule has 1 N–H and O–H groups in total. The van der Waals surface area contributed by atoms with Gasteiger partial charge in [-0.1, -0.05) is 48.5 Å². The van der Waals surface area contributed by atoms with Gasteiger partial charge in [-0.25, -0.2) is 9.59 Å². The molecule has 3 aromatic carbocycles. The molecule has 184 valence electrons. The first kappa shape index (κ1) is 24.5. The summed E-state index contributed by atoms with van der Waals surface area (Å²) in [4.78, 5) is 27.5. The molecule has 4 rings (SSSR count). The minimum atomic E-state index is -1.33. The number of ether oxygens (including phenoxy) is 3. The van der Waals surface area contributed by atoms with Crippen LogP contribution in [0.15, 0.2) is 66.7 Å². The number of esters is 1. The van der Waals surface area contributed by atoms with Crippen LogP contribution in [0.4, 0.5) is 4.79 Å². The monoisotopic (exact) mass is 479 g/mol. The molecule has 0 aliphatic carbocycles. The van der Waals surface area contributed by atoms with E-state index in [-0.39, 0.29) is 18.6 Å². The third kappa shape index (κ3) is 6.71. The molecule has 8 nitrogen and oxygen atoms in total. The van der Waals surface area contributed by atoms with E-state index in [0.29, 0.717) is 38.5 Å². The van der Waals surface area contributed by atoms with E-state index in [1.165, 1.54) is 5.06 Å². The van der Waals surface area contributed by atoms with Crippen molar-refractivity contribution in [3.63, 3.8) is 0 Å². The van der Waals surface area contributed by atoms with E-state index in [0.717, 1.165) is 21.9 Å². The van der Waals surface area contributed by atoms with Crippen LogP contribution in [0.25, 0.3) is 10.8 Å². The van der Waals surface area contributed by atoms with Gasteiger partial charge in [0.15, 0.2) is 6.61 Å². The van der Waals surface area contributed by atoms with Gasteiger partial charge in [0.1, 0.15) is 5.75 Å². The summed E-state index contributed by atoms with van der Waals surface area (Å²) in [5.41, 5.74) is 2.09. The van der Waals surface area contributed by atoms with Gasteiger partial charge in [0.2, 0.25) is 0 Å². The van der Waals surface area contributed by atoms with Crippen molar-refractivity contribution in [1.29, 1.82) is 0 Å². The molecule has 3 aromatic rings. The van der Waals surface area contributed by atoms with Crippen molar-refractivity contribution in [3.05, 3.63) is 77.9 Å². The number of benzene rings is 3. The van der Waals surface area contributed by atoms with Gasteiger partial charge in [0.25, 0.3) is 0 Å². The van der Waals surface area contributed by atoms with E-state index in [9.17, 15) is 9.59 Å². The summed E-state index contributed by atoms with van der Waals surface area (Å²) < 4.78 is 16.7. The SMILES string of the molecule is CCOC(=O)COc1ccc(C2CCN(OC(=O)O)CC2OCc2ccc3ccccc3c2)cc1. The molecule has 1 fully saturated rings. The van der Waals surface area contributed by atoms with Gasteiger partial charge in [-0.05, 0) is 53.4 Å². The number of hydrogen-bond donors (Lipinski definition) is 1. The van der Waals surface area contributed by atoms with Crippen LogP contribution < -0.4 is 4.74 Å². The zero-order valence-electron chi connectivity index (χ0n) is 19.6. The van der Waals surface area contributed by atoms with Crippen molar-refractivity contribution in [2.45, 2.75) is 32.0 Å². The number of piperidine rings is 1. The third-order valence-corrected chi connectivity index (χ3v) is 5.98. The summed E-state index contributed by atoms with van der Waals surface area (Å²) in [6.45, 7) is 3.10. The van der Waals surface area contributed by atoms with Crippen molar-refractivity contribution in [2.24, 2.45) is 0 Å². The lowest BCUT2D eigenvalue weighted by molar-refractivity contribution is -0.166. The first-order chi connectivity index (χ1) is 17.0. The highest BCUT2D eigenvalue weighted by atomic mass is 16.8. The molecule has 2 unspecified atom stereocenters. The molecule has 8 heteroatoms. The summed E-state index contributed by atoms with van der Waals surface area (Å²) in [5, 5.41) is 12.8. The third-order valence-electron chi connectivity index (χ3n) is 5.98. The zero-order valence-corrected chi connectivity index (χ0v) is 19.6. The Morgan fingerprint density at radius 2 is 1.80 bits per heavy atom. The Hall–Kier alpha value is -3.62. The van der Waals surface area contributed by atoms with Gasteiger partial charge >= 0.3 is 12.1 Å². The fourth-order valence-electron chi connectivity index (χ4n) is 4.32. The van der Waals surface area contributed by atoms with Crippen LogP contribution in [0, 0.1) is 0 Å². The van der Waals surface area contributed by atoms with Gasteiger partial charge in [-0.3, -0.25) is 0 Å². The highest BCUT2D eigenvalue weighted by Crippen LogP contribution is 2.32. The number of carboxylic acid groups (broad SMARTS) is 1. The zero-order chi connectivity index (χ0) is 24.6. The fraction of sp³-hybridized carbons (Fsp3) is 0.333. The number of carbonyl (C=O) groups is 2. The van der Waals surface area contributed by atoms with Crippen LogP contribution in [0.1, 0.15) is 30.4 Å². The average molecular weight is 480 g/mol. The Morgan fingerprint density at radius 3 is 2.54 bits per heavy atom. The molecule has 1 heterocycles. The Bertz CT molecular complexity index is 1150. The molecular formula is C27H29NO7. The topological polar surface area (TPSA) is 94.5 Å². The van der Waals surface area contributed by atoms with E-state index in [1.54, 1.807) is 6.92 Å². The van der Waals surface area contributed by atoms with Gasteiger partial charge in [-0.15, -0.1) is 5.06 Å². The number of carbonyl (C=O) groups excluding carboxylic acids is 1. The standard InChI is InChI=1S/C27H29NO7/c1-2-32-26(29)18-33-23-11-9-21(10-12-23)24-13-14-28(35-27(30)31)16-25(24)34-17-19-7-8-20-5-3-4-6-22(20)15-19/h3-12,15,24-25H,2,13-14,16-18H2,1H3,(H,30,31). The lowest BCUT2D eigenvalue weighted by Gasteiger charge is -2.37. The predicted molar refractivity (Wildman–Crippen MR) is 129 cm³/mol. The predicted octanol–water partition coefficient (Wildman–Crippen LogP) is 4.77. The summed E-state index contributed by atoms with van der Waals surface area (Å²) in [5.74, 6) is 0.204. The second kappa shape index (κ2) is 11.7. The molecule has 0 spiro atoms. The second-order valence-corrected chi connectivity index (χ2v) is 8.33. The summed E-state index contributed by atoms with van der Waals surface area (Å²) in [6.07, 6.45) is -0.945. The molecule has 0 bridgehead atoms. The lowest BCUT2D eigenvalue weighted by atomic mass is 9.87. The number of hydroxylamine groups is 2. The number of rotatable bonds is 9. The smallest absolute Gasteiger partial charge is 0.482 e. The molecule has 1 saturated heterocycles. The Balaban J connectivity index is 1.44. The molecule has 0 aromatic heterocycles. The lowest BCUT2D eigenvalue weighted by Crippen LogP contribution is -2.44. The van der Waals surface area contributed by atoms with Crippen LogP contribution in [0.2, 0.25) is 0 Å². The van der Waals surface area contributed by atoms with Crippen LogP contribution in [0.3, 0.4) is 0 Å². The molecule has 0 radical (unpaired) electrons. The molecule has 35 heavy (non-hydrogen) atoms. The van der Waals surface area contributed by atoms with Crippen LogP contribution in [0.5, 0.6) is 5.75 Å². The van der Waals surface area contributed by atoms with E-state index in [1.807, 2.05) is 42.5 Å². The molecule has 2 atom stereocenters. The molecule has 0 amide bonds. The average Bonchev–Trinajstić information content (AvgIpc) is 2.86. The maximum absolute atomic E-state index is 11.5. The normalized spacial score (nSPS) is 18.2. The molecular weight excluding hydrogens is 450 g/mol. The molecule has 1 aliphatic rings. The second-order valence-electron chi connectivity index (χ2n) is 8.33. The summed E-state index contributed by atoms with van der Waals surface area (Å²) >= 11 is 0. The van der Waals surface area contributed by atoms with Crippen molar-refractivity contribution in [2.75, 3.05) is 26.3 Å². The van der Waals surface area contributed by atoms with Crippen molar-refractivity contribution < 1.29 is 33.7 Å². The highest BCUT2D eigenvalue weighted by Gasteiger charge is 2.33. The molecule has 1 aliphatic heterocycles. The summed E-state index contributed by atoms with van der Waals surface area (Å²) in [6, 6.07) is 21.9. The maximum atomic E-state index is 11.5. The molecule has 0 saturated carbocycles. The highest BCUT2D eigenvalue weighted by molar-refractivity contribution is 5.82. The van der Waals surface area contributed by atoms with Crippen LogP contribution in [-0.2, 0) is 25.7 Å². The largest absolute Gasteiger partial charge is 0.525 e. The Labute approximate surface area is 203 Å². The van der Waals surface area contributed by atoms with Crippen molar-refractivity contribution in [3.8, 4) is 5.75 Å². The Kier molecular flexibility index (Phi) is 8.18. The first-order valence-electron chi connectivity index (χ1n) is 11.7. The quantitative estimate of drug-likeness (QED) is 0.439. The van der Waals surface area contributed by atoms with Gasteiger partial charge < -0.3 is 24.2 Å². The number of nitrogens with zero attached hydrogens (tertiary/aromatic N) is 1. The van der Waals surface area contributed by atoms with Crippen LogP contribution >= 0.6 is 0 Å². The maximum Gasteiger partial charge on any atom is 0.525 e. The Morgan fingerprint density at radius 1 is 1.03 bits per heavy atom. The van der Waals surface area contributed by atoms with Crippen molar-refractivity contribution in [1.82, 2.24) is 5.06 Å². The van der Waals surface area contributed by atoms with E-state index >= 15 is 0 Å². The minimum Gasteiger partial charge on any atom is -0.482 e. The number of hydrogen-bond acceptors (Lipinski definition) is 7. The van der Waals surface area contributed by atoms with Gasteiger partial charge in [0.05, 0.1) is 25.9 Å². The van der Waals surface area contributed by atoms with Gasteiger partial charge in [0, 0.05) is 12.5 Å². The summed E-state index contributed by atoms with van der Waals surface area (Å²) in [7, 11) is 0. The first-order valence-corrected chi connectivity index (χ1v) is 11.7. The van der Waals surface area contributed by atoms with Crippen molar-refractivity contribution >= 4 is 22.9 Å². The fourth-order valence-corrected chi connectivity index (χ4v) is 4.32. The van der Waals surface area contributed by atoms with E-state index in [2.05, 4.69) is 24.3 Å². The van der Waals surface area contributed by atoms with Gasteiger partial charge in [-0.2, -0.15) is 0 Å². The van der Waals surface area contributed by atoms with E-state index < -0.39 is 12.1 Å². The van der Waals surface area contributed by atoms with E-state index in [4.69, 9.17) is 24.2 Å². The minimum absolute atomic E-state index is 0.0446.